The van der Waals surface area contributed by atoms with Gasteiger partial charge in [-0.1, -0.05) is 47.1 Å². The molecule has 5 aliphatic carbocycles. The van der Waals surface area contributed by atoms with Crippen molar-refractivity contribution >= 4 is 99.2 Å². The van der Waals surface area contributed by atoms with Gasteiger partial charge in [-0.05, 0) is 110 Å². The molecular weight excluding hydrogens is 841 g/mol. The predicted octanol–water partition coefficient (Wildman–Crippen LogP) is 1.93. The molecule has 18 heteroatoms. The molecule has 0 unspecified atom stereocenters. The van der Waals surface area contributed by atoms with E-state index >= 15 is 0 Å². The number of aliphatic hydroxyl groups excluding tert-OH is 5. The molecule has 0 aromatic rings. The third kappa shape index (κ3) is 7.74. The maximum atomic E-state index is 14.8. The number of aliphatic carboxylic acids is 3. The van der Waals surface area contributed by atoms with E-state index in [0.717, 1.165) is 37.7 Å². The number of hydrogen-bond donors (Lipinski definition) is 8. The van der Waals surface area contributed by atoms with E-state index in [2.05, 4.69) is 27.7 Å². The van der Waals surface area contributed by atoms with Crippen LogP contribution in [0.3, 0.4) is 0 Å². The standard InChI is InChI=1S/C42H62O16.2Ca.4H/c1-37(2)21-8-11-42(7)31(20(43)16-18-19-17-39(4,36(53)54)13-12-38(19,3)14-15-41(18,42)6)40(21,5)10-9-22(37)55-35-30(26(47)25(46)29(57-35)33(51)52)58-34-27(48)23(44)24(45)28(56-34)32(49)50;;;;;;/h16,19,21-31,34-35,44-48H,8-15,17H2,1-7H3,(H,49,50)(H,51,52)(H,53,54);;;;;;/q;2*+2;4*-1/t19-,21-,22-,23-,24-,25-,26-,27+,28-,29-,30+,31+,34-,35-,38+,39-,40-,41+,42+;;;;;;/m0....../s1. The molecule has 8 N–H and O–H groups in total. The molecule has 0 aromatic carbocycles. The molecule has 334 valence electrons. The number of aliphatic hydroxyl groups is 5. The zero-order chi connectivity index (χ0) is 42.9. The molecule has 0 radical (unpaired) electrons. The molecule has 7 rings (SSSR count). The van der Waals surface area contributed by atoms with Gasteiger partial charge in [0.05, 0.1) is 11.5 Å². The smallest absolute Gasteiger partial charge is 1.00 e. The summed E-state index contributed by atoms with van der Waals surface area (Å²) in [6, 6.07) is 0. The first kappa shape index (κ1) is 51.0. The predicted molar refractivity (Wildman–Crippen MR) is 215 cm³/mol. The zero-order valence-electron chi connectivity index (χ0n) is 39.8. The van der Waals surface area contributed by atoms with Gasteiger partial charge in [-0.15, -0.1) is 0 Å². The zero-order valence-corrected chi connectivity index (χ0v) is 40.2. The number of ketones is 1. The Labute approximate surface area is 416 Å². The molecule has 0 amide bonds. The van der Waals surface area contributed by atoms with Crippen molar-refractivity contribution in [3.8, 4) is 0 Å². The quantitative estimate of drug-likeness (QED) is 0.134. The van der Waals surface area contributed by atoms with E-state index in [1.807, 2.05) is 26.8 Å². The van der Waals surface area contributed by atoms with Crippen LogP contribution in [-0.2, 0) is 38.1 Å². The summed E-state index contributed by atoms with van der Waals surface area (Å²) in [5.41, 5.74) is -1.81. The van der Waals surface area contributed by atoms with Crippen molar-refractivity contribution < 1.29 is 84.7 Å². The molecule has 2 saturated heterocycles. The minimum absolute atomic E-state index is 0. The molecular formula is C42H66Ca2O16. The van der Waals surface area contributed by atoms with E-state index in [9.17, 15) is 60.0 Å². The summed E-state index contributed by atoms with van der Waals surface area (Å²) in [5, 5.41) is 83.0. The van der Waals surface area contributed by atoms with Crippen LogP contribution < -0.4 is 0 Å². The summed E-state index contributed by atoms with van der Waals surface area (Å²) in [6.07, 6.45) is -12.2. The average molecular weight is 907 g/mol. The molecule has 2 aliphatic heterocycles. The van der Waals surface area contributed by atoms with E-state index in [0.29, 0.717) is 25.7 Å². The maximum Gasteiger partial charge on any atom is 2.00 e. The van der Waals surface area contributed by atoms with Gasteiger partial charge in [-0.25, -0.2) is 9.59 Å². The first-order valence-electron chi connectivity index (χ1n) is 20.7. The van der Waals surface area contributed by atoms with E-state index < -0.39 is 107 Å². The number of rotatable bonds is 7. The van der Waals surface area contributed by atoms with Crippen molar-refractivity contribution in [3.05, 3.63) is 11.6 Å². The van der Waals surface area contributed by atoms with E-state index in [1.165, 1.54) is 0 Å². The molecule has 16 nitrogen and oxygen atoms in total. The summed E-state index contributed by atoms with van der Waals surface area (Å²) in [5.74, 6) is -4.47. The minimum Gasteiger partial charge on any atom is -1.00 e. The number of carboxylic acid groups (broad SMARTS) is 3. The number of ether oxygens (including phenoxy) is 4. The van der Waals surface area contributed by atoms with Crippen LogP contribution >= 0.6 is 0 Å². The average Bonchev–Trinajstić information content (AvgIpc) is 3.13. The van der Waals surface area contributed by atoms with Crippen LogP contribution in [0.25, 0.3) is 0 Å². The Bertz CT molecular complexity index is 1770. The Morgan fingerprint density at radius 2 is 1.27 bits per heavy atom. The van der Waals surface area contributed by atoms with Crippen molar-refractivity contribution in [3.63, 3.8) is 0 Å². The summed E-state index contributed by atoms with van der Waals surface area (Å²) >= 11 is 0. The Hall–Kier alpha value is -0.0205. The second-order valence-corrected chi connectivity index (χ2v) is 20.6. The third-order valence-electron chi connectivity index (χ3n) is 17.2. The molecule has 19 atom stereocenters. The maximum absolute atomic E-state index is 14.8. The molecule has 60 heavy (non-hydrogen) atoms. The van der Waals surface area contributed by atoms with Crippen molar-refractivity contribution in [2.24, 2.45) is 50.2 Å². The van der Waals surface area contributed by atoms with Crippen LogP contribution in [0.5, 0.6) is 0 Å². The van der Waals surface area contributed by atoms with Gasteiger partial charge in [0.2, 0.25) is 0 Å². The van der Waals surface area contributed by atoms with Gasteiger partial charge < -0.3 is 65.5 Å². The SMILES string of the molecule is CC1(C)[C@@H](O[C@H]2O[C@H](C(=O)O)[C@@H](O)[C@H](O)[C@H]2O[C@@H]2O[C@H](C(=O)O)[C@@H](O)[C@H](O)[C@H]2O)CC[C@]2(C)[C@H]3C(=O)C=C4[C@@H]5C[C@@](C)(C(=O)O)CC[C@]5(C)CC[C@@]4(C)[C@]3(C)CC[C@@H]12.[Ca+2].[Ca+2].[H-].[H-].[H-].[H-]. The number of carbonyl (C=O) groups is 4. The summed E-state index contributed by atoms with van der Waals surface area (Å²) in [4.78, 5) is 51.3. The fourth-order valence-electron chi connectivity index (χ4n) is 13.4. The number of hydrogen-bond acceptors (Lipinski definition) is 13. The van der Waals surface area contributed by atoms with Gasteiger partial charge in [0.25, 0.3) is 0 Å². The van der Waals surface area contributed by atoms with Gasteiger partial charge in [-0.2, -0.15) is 0 Å². The van der Waals surface area contributed by atoms with Gasteiger partial charge in [0.15, 0.2) is 30.6 Å². The van der Waals surface area contributed by atoms with E-state index in [-0.39, 0.29) is 116 Å². The van der Waals surface area contributed by atoms with Crippen molar-refractivity contribution in [1.82, 2.24) is 0 Å². The fourth-order valence-corrected chi connectivity index (χ4v) is 13.4. The molecule has 4 saturated carbocycles. The number of allylic oxidation sites excluding steroid dienone is 2. The summed E-state index contributed by atoms with van der Waals surface area (Å²) in [7, 11) is 0. The van der Waals surface area contributed by atoms with Crippen LogP contribution in [0.4, 0.5) is 0 Å². The van der Waals surface area contributed by atoms with Gasteiger partial charge in [-0.3, -0.25) is 9.59 Å². The van der Waals surface area contributed by atoms with Gasteiger partial charge >= 0.3 is 93.4 Å². The summed E-state index contributed by atoms with van der Waals surface area (Å²) < 4.78 is 23.4. The third-order valence-corrected chi connectivity index (χ3v) is 17.2. The molecule has 7 aliphatic rings. The first-order chi connectivity index (χ1) is 26.8. The van der Waals surface area contributed by atoms with Crippen LogP contribution in [0.2, 0.25) is 0 Å². The minimum atomic E-state index is -2.05. The monoisotopic (exact) mass is 906 g/mol. The second kappa shape index (κ2) is 17.3. The van der Waals surface area contributed by atoms with Crippen molar-refractivity contribution in [1.29, 1.82) is 0 Å². The Morgan fingerprint density at radius 3 is 1.85 bits per heavy atom. The van der Waals surface area contributed by atoms with Crippen molar-refractivity contribution in [2.45, 2.75) is 174 Å². The fraction of sp³-hybridized carbons (Fsp3) is 0.857. The largest absolute Gasteiger partial charge is 2.00 e. The van der Waals surface area contributed by atoms with Crippen LogP contribution in [0, 0.1) is 50.2 Å². The van der Waals surface area contributed by atoms with Crippen LogP contribution in [-0.4, -0.2) is 208 Å². The number of carboxylic acids is 3. The Morgan fingerprint density at radius 1 is 0.700 bits per heavy atom. The number of carbonyl (C=O) groups excluding carboxylic acids is 1. The first-order valence-corrected chi connectivity index (χ1v) is 20.7. The van der Waals surface area contributed by atoms with Crippen LogP contribution in [0.15, 0.2) is 11.6 Å². The normalized spacial score (nSPS) is 50.8. The van der Waals surface area contributed by atoms with Crippen molar-refractivity contribution in [2.75, 3.05) is 0 Å². The topological polar surface area (TPSA) is 267 Å². The van der Waals surface area contributed by atoms with E-state index in [4.69, 9.17) is 18.9 Å². The second-order valence-electron chi connectivity index (χ2n) is 20.6. The van der Waals surface area contributed by atoms with E-state index in [1.54, 1.807) is 0 Å². The Kier molecular flexibility index (Phi) is 14.7. The van der Waals surface area contributed by atoms with Crippen LogP contribution in [0.1, 0.15) is 112 Å². The summed E-state index contributed by atoms with van der Waals surface area (Å²) in [6.45, 7) is 14.8. The Balaban J connectivity index is 0.00000341. The van der Waals surface area contributed by atoms with Gasteiger partial charge in [0.1, 0.15) is 36.6 Å². The number of fused-ring (bicyclic) bond motifs is 7. The molecule has 2 heterocycles. The molecule has 0 spiro atoms. The molecule has 0 aromatic heterocycles. The molecule has 0 bridgehead atoms. The van der Waals surface area contributed by atoms with Gasteiger partial charge in [0, 0.05) is 5.92 Å². The molecule has 6 fully saturated rings.